The number of H-pyrrole nitrogens is 1. The van der Waals surface area contributed by atoms with Crippen molar-refractivity contribution in [2.24, 2.45) is 7.05 Å². The molecular formula is C7H8N4OS. The van der Waals surface area contributed by atoms with E-state index in [-0.39, 0.29) is 5.56 Å². The number of fused-ring (bicyclic) bond motifs is 1. The van der Waals surface area contributed by atoms with Gasteiger partial charge in [0.25, 0.3) is 5.56 Å². The first kappa shape index (κ1) is 8.31. The van der Waals surface area contributed by atoms with Gasteiger partial charge in [0.15, 0.2) is 0 Å². The van der Waals surface area contributed by atoms with Gasteiger partial charge < -0.3 is 0 Å². The Kier molecular flexibility index (Phi) is 1.84. The molecule has 0 aliphatic carbocycles. The molecule has 0 saturated carbocycles. The largest absolute Gasteiger partial charge is 0.276 e. The van der Waals surface area contributed by atoms with Crippen molar-refractivity contribution in [3.63, 3.8) is 0 Å². The molecule has 0 atom stereocenters. The van der Waals surface area contributed by atoms with Crippen LogP contribution < -0.4 is 5.56 Å². The van der Waals surface area contributed by atoms with Crippen molar-refractivity contribution in [2.45, 2.75) is 5.03 Å². The molecule has 5 nitrogen and oxygen atoms in total. The number of aryl methyl sites for hydroxylation is 1. The molecule has 1 N–H and O–H groups in total. The second-order valence-electron chi connectivity index (χ2n) is 2.59. The molecular weight excluding hydrogens is 188 g/mol. The van der Waals surface area contributed by atoms with Crippen LogP contribution in [0.4, 0.5) is 0 Å². The van der Waals surface area contributed by atoms with E-state index < -0.39 is 0 Å². The quantitative estimate of drug-likeness (QED) is 0.670. The maximum absolute atomic E-state index is 11.4. The first-order valence-electron chi connectivity index (χ1n) is 3.68. The molecule has 6 heteroatoms. The fourth-order valence-electron chi connectivity index (χ4n) is 1.22. The highest BCUT2D eigenvalue weighted by Gasteiger charge is 2.10. The van der Waals surface area contributed by atoms with Crippen LogP contribution >= 0.6 is 11.8 Å². The Morgan fingerprint density at radius 2 is 2.38 bits per heavy atom. The van der Waals surface area contributed by atoms with Gasteiger partial charge in [-0.25, -0.2) is 5.10 Å². The minimum atomic E-state index is -0.185. The summed E-state index contributed by atoms with van der Waals surface area (Å²) in [6.45, 7) is 0. The molecule has 2 heterocycles. The van der Waals surface area contributed by atoms with E-state index in [0.717, 1.165) is 10.5 Å². The van der Waals surface area contributed by atoms with Crippen LogP contribution in [0.15, 0.2) is 16.0 Å². The predicted octanol–water partition coefficient (Wildman–Crippen LogP) is 0.378. The van der Waals surface area contributed by atoms with Gasteiger partial charge in [-0.15, -0.1) is 11.8 Å². The molecule has 0 fully saturated rings. The number of rotatable bonds is 1. The summed E-state index contributed by atoms with van der Waals surface area (Å²) in [7, 11) is 1.79. The van der Waals surface area contributed by atoms with E-state index in [1.807, 2.05) is 6.26 Å². The van der Waals surface area contributed by atoms with Crippen molar-refractivity contribution >= 4 is 22.7 Å². The summed E-state index contributed by atoms with van der Waals surface area (Å²) in [4.78, 5) is 11.4. The molecule has 0 aromatic carbocycles. The molecule has 0 spiro atoms. The number of nitrogens with one attached hydrogen (secondary N) is 1. The van der Waals surface area contributed by atoms with E-state index in [4.69, 9.17) is 0 Å². The fourth-order valence-corrected chi connectivity index (χ4v) is 1.83. The van der Waals surface area contributed by atoms with Gasteiger partial charge in [-0.2, -0.15) is 10.2 Å². The van der Waals surface area contributed by atoms with Crippen molar-refractivity contribution < 1.29 is 0 Å². The highest BCUT2D eigenvalue weighted by atomic mass is 32.2. The van der Waals surface area contributed by atoms with Crippen LogP contribution in [0, 0.1) is 0 Å². The van der Waals surface area contributed by atoms with Crippen molar-refractivity contribution in [3.05, 3.63) is 16.6 Å². The Morgan fingerprint density at radius 3 is 3.08 bits per heavy atom. The summed E-state index contributed by atoms with van der Waals surface area (Å²) in [6.07, 6.45) is 3.49. The zero-order chi connectivity index (χ0) is 9.42. The molecule has 0 amide bonds. The van der Waals surface area contributed by atoms with Crippen LogP contribution in [-0.2, 0) is 7.05 Å². The van der Waals surface area contributed by atoms with Crippen molar-refractivity contribution in [1.82, 2.24) is 20.0 Å². The second-order valence-corrected chi connectivity index (χ2v) is 3.39. The summed E-state index contributed by atoms with van der Waals surface area (Å²) in [6, 6.07) is 0. The van der Waals surface area contributed by atoms with E-state index in [1.54, 1.807) is 17.9 Å². The number of nitrogens with zero attached hydrogens (tertiary/aromatic N) is 3. The second kappa shape index (κ2) is 2.88. The zero-order valence-electron chi connectivity index (χ0n) is 7.24. The third-order valence-corrected chi connectivity index (χ3v) is 2.51. The number of hydrogen-bond donors (Lipinski definition) is 1. The summed E-state index contributed by atoms with van der Waals surface area (Å²) in [5.41, 5.74) is 0.572. The van der Waals surface area contributed by atoms with Crippen molar-refractivity contribution in [2.75, 3.05) is 6.26 Å². The third-order valence-electron chi connectivity index (χ3n) is 1.83. The summed E-state index contributed by atoms with van der Waals surface area (Å²) in [5.74, 6) is 0. The molecule has 68 valence electrons. The van der Waals surface area contributed by atoms with Gasteiger partial charge in [0, 0.05) is 7.05 Å². The lowest BCUT2D eigenvalue weighted by molar-refractivity contribution is 0.761. The Morgan fingerprint density at radius 1 is 1.62 bits per heavy atom. The number of thioether (sulfide) groups is 1. The van der Waals surface area contributed by atoms with Gasteiger partial charge in [0.05, 0.1) is 11.7 Å². The summed E-state index contributed by atoms with van der Waals surface area (Å²) < 4.78 is 1.66. The highest BCUT2D eigenvalue weighted by Crippen LogP contribution is 2.20. The first-order chi connectivity index (χ1) is 6.24. The van der Waals surface area contributed by atoms with Crippen LogP contribution in [0.2, 0.25) is 0 Å². The average molecular weight is 196 g/mol. The van der Waals surface area contributed by atoms with Crippen LogP contribution in [-0.4, -0.2) is 26.2 Å². The molecule has 0 saturated heterocycles. The SMILES string of the molecule is CSc1nn(C)c2cn[nH]c(=O)c12. The van der Waals surface area contributed by atoms with Crippen LogP contribution in [0.5, 0.6) is 0 Å². The van der Waals surface area contributed by atoms with Gasteiger partial charge >= 0.3 is 0 Å². The molecule has 0 aliphatic rings. The highest BCUT2D eigenvalue weighted by molar-refractivity contribution is 7.98. The summed E-state index contributed by atoms with van der Waals surface area (Å²) in [5, 5.41) is 11.6. The van der Waals surface area contributed by atoms with Gasteiger partial charge in [-0.1, -0.05) is 0 Å². The van der Waals surface area contributed by atoms with E-state index in [2.05, 4.69) is 15.3 Å². The van der Waals surface area contributed by atoms with Crippen LogP contribution in [0.1, 0.15) is 0 Å². The molecule has 13 heavy (non-hydrogen) atoms. The maximum Gasteiger partial charge on any atom is 0.276 e. The van der Waals surface area contributed by atoms with E-state index in [9.17, 15) is 4.79 Å². The number of hydrogen-bond acceptors (Lipinski definition) is 4. The minimum absolute atomic E-state index is 0.185. The standard InChI is InChI=1S/C7H8N4OS/c1-11-4-3-8-9-6(12)5(4)7(10-11)13-2/h3H,1-2H3,(H,9,12). The first-order valence-corrected chi connectivity index (χ1v) is 4.91. The minimum Gasteiger partial charge on any atom is -0.267 e. The smallest absolute Gasteiger partial charge is 0.267 e. The monoisotopic (exact) mass is 196 g/mol. The summed E-state index contributed by atoms with van der Waals surface area (Å²) >= 11 is 1.45. The van der Waals surface area contributed by atoms with Gasteiger partial charge in [0.2, 0.25) is 0 Å². The molecule has 0 unspecified atom stereocenters. The van der Waals surface area contributed by atoms with Gasteiger partial charge in [-0.05, 0) is 6.26 Å². The van der Waals surface area contributed by atoms with E-state index >= 15 is 0 Å². The predicted molar refractivity (Wildman–Crippen MR) is 50.9 cm³/mol. The molecule has 0 radical (unpaired) electrons. The van der Waals surface area contributed by atoms with Gasteiger partial charge in [0.1, 0.15) is 10.4 Å². The van der Waals surface area contributed by atoms with E-state index in [0.29, 0.717) is 5.39 Å². The lowest BCUT2D eigenvalue weighted by Crippen LogP contribution is -2.07. The molecule has 0 aliphatic heterocycles. The zero-order valence-corrected chi connectivity index (χ0v) is 8.05. The lowest BCUT2D eigenvalue weighted by Gasteiger charge is -1.89. The van der Waals surface area contributed by atoms with Crippen LogP contribution in [0.25, 0.3) is 10.9 Å². The number of aromatic amines is 1. The topological polar surface area (TPSA) is 63.6 Å². The van der Waals surface area contributed by atoms with E-state index in [1.165, 1.54) is 11.8 Å². The van der Waals surface area contributed by atoms with Crippen LogP contribution in [0.3, 0.4) is 0 Å². The fraction of sp³-hybridized carbons (Fsp3) is 0.286. The molecule has 2 aromatic heterocycles. The Bertz CT molecular complexity index is 501. The third kappa shape index (κ3) is 1.14. The Balaban J connectivity index is 2.97. The van der Waals surface area contributed by atoms with Crippen molar-refractivity contribution in [1.29, 1.82) is 0 Å². The Labute approximate surface area is 78.1 Å². The molecule has 2 rings (SSSR count). The van der Waals surface area contributed by atoms with Gasteiger partial charge in [-0.3, -0.25) is 9.48 Å². The van der Waals surface area contributed by atoms with Crippen molar-refractivity contribution in [3.8, 4) is 0 Å². The number of aromatic nitrogens is 4. The maximum atomic E-state index is 11.4. The lowest BCUT2D eigenvalue weighted by atomic mass is 10.4. The molecule has 2 aromatic rings. The average Bonchev–Trinajstić information content (AvgIpc) is 2.45. The normalized spacial score (nSPS) is 10.9. The molecule has 0 bridgehead atoms. The Hall–Kier alpha value is -1.30.